The van der Waals surface area contributed by atoms with Crippen LogP contribution in [0.15, 0.2) is 72.0 Å². The van der Waals surface area contributed by atoms with Gasteiger partial charge in [0.05, 0.1) is 13.1 Å². The summed E-state index contributed by atoms with van der Waals surface area (Å²) in [5.41, 5.74) is 3.31. The van der Waals surface area contributed by atoms with Crippen LogP contribution in [0.1, 0.15) is 23.6 Å². The van der Waals surface area contributed by atoms with Gasteiger partial charge >= 0.3 is 0 Å². The van der Waals surface area contributed by atoms with Crippen molar-refractivity contribution in [2.45, 2.75) is 26.4 Å². The first kappa shape index (κ1) is 19.6. The van der Waals surface area contributed by atoms with E-state index in [0.29, 0.717) is 13.1 Å². The third kappa shape index (κ3) is 6.23. The lowest BCUT2D eigenvalue weighted by Crippen LogP contribution is -2.38. The third-order valence-electron chi connectivity index (χ3n) is 4.25. The summed E-state index contributed by atoms with van der Waals surface area (Å²) in [6.07, 6.45) is 4.48. The molecule has 0 spiro atoms. The summed E-state index contributed by atoms with van der Waals surface area (Å²) < 4.78 is 15.2. The van der Waals surface area contributed by atoms with Crippen LogP contribution in [0.3, 0.4) is 0 Å². The van der Waals surface area contributed by atoms with Crippen LogP contribution in [-0.4, -0.2) is 28.8 Å². The van der Waals surface area contributed by atoms with Gasteiger partial charge in [-0.1, -0.05) is 36.4 Å². The molecule has 0 aliphatic rings. The fourth-order valence-corrected chi connectivity index (χ4v) is 2.94. The number of aliphatic imine (C=N–C) groups is 1. The molecule has 3 aromatic rings. The van der Waals surface area contributed by atoms with Crippen LogP contribution in [0.5, 0.6) is 0 Å². The Morgan fingerprint density at radius 3 is 2.64 bits per heavy atom. The maximum absolute atomic E-state index is 13.3. The van der Waals surface area contributed by atoms with E-state index in [2.05, 4.69) is 38.9 Å². The van der Waals surface area contributed by atoms with Crippen molar-refractivity contribution < 1.29 is 4.39 Å². The zero-order valence-corrected chi connectivity index (χ0v) is 16.1. The van der Waals surface area contributed by atoms with Gasteiger partial charge in [0, 0.05) is 25.5 Å². The van der Waals surface area contributed by atoms with E-state index in [0.717, 1.165) is 36.6 Å². The fraction of sp³-hybridized carbons (Fsp3) is 0.273. The molecule has 0 saturated heterocycles. The van der Waals surface area contributed by atoms with E-state index < -0.39 is 0 Å². The minimum absolute atomic E-state index is 0.201. The molecule has 0 amide bonds. The fourth-order valence-electron chi connectivity index (χ4n) is 2.94. The molecule has 0 saturated carbocycles. The second-order valence-electron chi connectivity index (χ2n) is 6.53. The monoisotopic (exact) mass is 379 g/mol. The van der Waals surface area contributed by atoms with Gasteiger partial charge in [0.1, 0.15) is 5.82 Å². The van der Waals surface area contributed by atoms with Crippen molar-refractivity contribution in [2.24, 2.45) is 4.99 Å². The lowest BCUT2D eigenvalue weighted by Gasteiger charge is -2.12. The minimum Gasteiger partial charge on any atom is -0.357 e. The number of hydrogen-bond acceptors (Lipinski definition) is 2. The van der Waals surface area contributed by atoms with Gasteiger partial charge in [-0.2, -0.15) is 5.10 Å². The molecule has 0 fully saturated rings. The SMILES string of the molecule is CCNC(=NCc1cccc(Cn2cccn2)c1)NCCc1cccc(F)c1. The molecular formula is C22H26FN5. The predicted octanol–water partition coefficient (Wildman–Crippen LogP) is 3.37. The summed E-state index contributed by atoms with van der Waals surface area (Å²) in [5.74, 6) is 0.560. The van der Waals surface area contributed by atoms with Crippen LogP contribution in [0, 0.1) is 5.82 Å². The lowest BCUT2D eigenvalue weighted by atomic mass is 10.1. The number of guanidine groups is 1. The van der Waals surface area contributed by atoms with Crippen LogP contribution in [-0.2, 0) is 19.5 Å². The molecule has 0 aliphatic carbocycles. The zero-order valence-electron chi connectivity index (χ0n) is 16.1. The van der Waals surface area contributed by atoms with Crippen molar-refractivity contribution in [3.05, 3.63) is 89.5 Å². The van der Waals surface area contributed by atoms with E-state index >= 15 is 0 Å². The molecule has 0 aliphatic heterocycles. The van der Waals surface area contributed by atoms with Gasteiger partial charge in [-0.15, -0.1) is 0 Å². The number of nitrogens with zero attached hydrogens (tertiary/aromatic N) is 3. The first-order chi connectivity index (χ1) is 13.7. The summed E-state index contributed by atoms with van der Waals surface area (Å²) in [6.45, 7) is 4.84. The smallest absolute Gasteiger partial charge is 0.191 e. The summed E-state index contributed by atoms with van der Waals surface area (Å²) in [6, 6.07) is 17.0. The zero-order chi connectivity index (χ0) is 19.6. The van der Waals surface area contributed by atoms with Gasteiger partial charge in [0.25, 0.3) is 0 Å². The Morgan fingerprint density at radius 1 is 1.04 bits per heavy atom. The molecule has 0 atom stereocenters. The molecule has 28 heavy (non-hydrogen) atoms. The Hall–Kier alpha value is -3.15. The van der Waals surface area contributed by atoms with Crippen LogP contribution < -0.4 is 10.6 Å². The highest BCUT2D eigenvalue weighted by atomic mass is 19.1. The van der Waals surface area contributed by atoms with E-state index in [1.807, 2.05) is 36.0 Å². The molecule has 1 aromatic heterocycles. The normalized spacial score (nSPS) is 11.4. The quantitative estimate of drug-likeness (QED) is 0.466. The predicted molar refractivity (Wildman–Crippen MR) is 111 cm³/mol. The van der Waals surface area contributed by atoms with Crippen LogP contribution >= 0.6 is 0 Å². The van der Waals surface area contributed by atoms with Gasteiger partial charge < -0.3 is 10.6 Å². The van der Waals surface area contributed by atoms with Gasteiger partial charge in [-0.05, 0) is 48.2 Å². The van der Waals surface area contributed by atoms with Crippen molar-refractivity contribution in [1.29, 1.82) is 0 Å². The summed E-state index contributed by atoms with van der Waals surface area (Å²) in [4.78, 5) is 4.67. The number of aromatic nitrogens is 2. The largest absolute Gasteiger partial charge is 0.357 e. The van der Waals surface area contributed by atoms with Crippen LogP contribution in [0.4, 0.5) is 4.39 Å². The Balaban J connectivity index is 1.56. The van der Waals surface area contributed by atoms with Gasteiger partial charge in [0.2, 0.25) is 0 Å². The van der Waals surface area contributed by atoms with Crippen molar-refractivity contribution in [3.63, 3.8) is 0 Å². The van der Waals surface area contributed by atoms with E-state index in [9.17, 15) is 4.39 Å². The molecular weight excluding hydrogens is 353 g/mol. The van der Waals surface area contributed by atoms with Crippen molar-refractivity contribution in [1.82, 2.24) is 20.4 Å². The molecule has 0 radical (unpaired) electrons. The molecule has 2 aromatic carbocycles. The first-order valence-corrected chi connectivity index (χ1v) is 9.55. The molecule has 5 nitrogen and oxygen atoms in total. The second-order valence-corrected chi connectivity index (χ2v) is 6.53. The average molecular weight is 379 g/mol. The molecule has 146 valence electrons. The maximum Gasteiger partial charge on any atom is 0.191 e. The minimum atomic E-state index is -0.201. The Kier molecular flexibility index (Phi) is 7.18. The first-order valence-electron chi connectivity index (χ1n) is 9.55. The molecule has 1 heterocycles. The third-order valence-corrected chi connectivity index (χ3v) is 4.25. The Morgan fingerprint density at radius 2 is 1.86 bits per heavy atom. The number of nitrogens with one attached hydrogen (secondary N) is 2. The highest BCUT2D eigenvalue weighted by molar-refractivity contribution is 5.79. The van der Waals surface area contributed by atoms with Gasteiger partial charge in [-0.25, -0.2) is 9.38 Å². The van der Waals surface area contributed by atoms with E-state index in [1.165, 1.54) is 11.6 Å². The second kappa shape index (κ2) is 10.3. The van der Waals surface area contributed by atoms with Crippen LogP contribution in [0.25, 0.3) is 0 Å². The number of hydrogen-bond donors (Lipinski definition) is 2. The molecule has 2 N–H and O–H groups in total. The van der Waals surface area contributed by atoms with Crippen molar-refractivity contribution >= 4 is 5.96 Å². The number of halogens is 1. The van der Waals surface area contributed by atoms with E-state index in [4.69, 9.17) is 0 Å². The highest BCUT2D eigenvalue weighted by Gasteiger charge is 2.01. The standard InChI is InChI=1S/C22H26FN5/c1-2-24-22(25-12-10-18-6-4-9-21(23)15-18)26-16-19-7-3-8-20(14-19)17-28-13-5-11-27-28/h3-9,11,13-15H,2,10,12,16-17H2,1H3,(H2,24,25,26). The van der Waals surface area contributed by atoms with Gasteiger partial charge in [0.15, 0.2) is 5.96 Å². The summed E-state index contributed by atoms with van der Waals surface area (Å²) in [7, 11) is 0. The van der Waals surface area contributed by atoms with E-state index in [-0.39, 0.29) is 5.82 Å². The summed E-state index contributed by atoms with van der Waals surface area (Å²) >= 11 is 0. The maximum atomic E-state index is 13.3. The van der Waals surface area contributed by atoms with Crippen molar-refractivity contribution in [2.75, 3.05) is 13.1 Å². The molecule has 0 unspecified atom stereocenters. The Labute approximate surface area is 165 Å². The number of rotatable bonds is 8. The summed E-state index contributed by atoms with van der Waals surface area (Å²) in [5, 5.41) is 10.8. The molecule has 0 bridgehead atoms. The van der Waals surface area contributed by atoms with Crippen LogP contribution in [0.2, 0.25) is 0 Å². The lowest BCUT2D eigenvalue weighted by molar-refractivity contribution is 0.625. The van der Waals surface area contributed by atoms with E-state index in [1.54, 1.807) is 18.3 Å². The Bertz CT molecular complexity index is 889. The molecule has 3 rings (SSSR count). The number of benzene rings is 2. The molecule has 6 heteroatoms. The van der Waals surface area contributed by atoms with Crippen molar-refractivity contribution in [3.8, 4) is 0 Å². The topological polar surface area (TPSA) is 54.2 Å². The van der Waals surface area contributed by atoms with Gasteiger partial charge in [-0.3, -0.25) is 4.68 Å². The average Bonchev–Trinajstić information content (AvgIpc) is 3.19. The highest BCUT2D eigenvalue weighted by Crippen LogP contribution is 2.08.